The number of halogens is 6. The van der Waals surface area contributed by atoms with Crippen LogP contribution in [0.1, 0.15) is 31.0 Å². The van der Waals surface area contributed by atoms with Crippen molar-refractivity contribution >= 4 is 23.4 Å². The van der Waals surface area contributed by atoms with E-state index in [1.54, 1.807) is 32.0 Å². The molecule has 0 bridgehead atoms. The van der Waals surface area contributed by atoms with Crippen LogP contribution in [0.2, 0.25) is 0 Å². The maximum atomic E-state index is 13.3. The summed E-state index contributed by atoms with van der Waals surface area (Å²) in [5, 5.41) is 9.72. The number of thioether (sulfide) groups is 1. The van der Waals surface area contributed by atoms with E-state index < -0.39 is 29.4 Å². The highest BCUT2D eigenvalue weighted by Gasteiger charge is 2.71. The summed E-state index contributed by atoms with van der Waals surface area (Å²) < 4.78 is 79.7. The molecular weight excluding hydrogens is 444 g/mol. The number of hydrogen-bond acceptors (Lipinski definition) is 3. The highest BCUT2D eigenvalue weighted by atomic mass is 32.2. The zero-order valence-electron chi connectivity index (χ0n) is 16.5. The Morgan fingerprint density at radius 2 is 1.61 bits per heavy atom. The zero-order valence-corrected chi connectivity index (χ0v) is 17.3. The van der Waals surface area contributed by atoms with E-state index >= 15 is 0 Å². The van der Waals surface area contributed by atoms with Crippen LogP contribution in [0.5, 0.6) is 0 Å². The summed E-state index contributed by atoms with van der Waals surface area (Å²) in [5.41, 5.74) is -5.21. The normalized spacial score (nSPS) is 19.9. The van der Waals surface area contributed by atoms with Crippen LogP contribution in [-0.4, -0.2) is 29.1 Å². The molecule has 0 aliphatic carbocycles. The first-order valence-electron chi connectivity index (χ1n) is 9.38. The molecular formula is C21H20F6NO2S+. The number of carbonyl (C=O) groups is 1. The van der Waals surface area contributed by atoms with Crippen LogP contribution in [0.3, 0.4) is 0 Å². The average molecular weight is 464 g/mol. The van der Waals surface area contributed by atoms with Crippen molar-refractivity contribution in [3.63, 3.8) is 0 Å². The lowest BCUT2D eigenvalue weighted by molar-refractivity contribution is -0.787. The van der Waals surface area contributed by atoms with Gasteiger partial charge in [-0.2, -0.15) is 26.3 Å². The lowest BCUT2D eigenvalue weighted by atomic mass is 9.91. The smallest absolute Gasteiger partial charge is 0.369 e. The SMILES string of the molecule is CC(C)C(=O)[NH+]1c2ccc(C(O)(C(F)(F)F)C(F)(F)F)cc2SCC1c1ccccc1. The summed E-state index contributed by atoms with van der Waals surface area (Å²) in [6, 6.07) is 11.0. The van der Waals surface area contributed by atoms with Gasteiger partial charge in [0.2, 0.25) is 0 Å². The van der Waals surface area contributed by atoms with Crippen molar-refractivity contribution in [3.05, 3.63) is 59.7 Å². The van der Waals surface area contributed by atoms with E-state index in [4.69, 9.17) is 0 Å². The Kier molecular flexibility index (Phi) is 6.20. The predicted molar refractivity (Wildman–Crippen MR) is 103 cm³/mol. The van der Waals surface area contributed by atoms with Crippen LogP contribution in [-0.2, 0) is 10.4 Å². The van der Waals surface area contributed by atoms with E-state index in [1.165, 1.54) is 0 Å². The number of nitrogens with one attached hydrogen (secondary N) is 1. The first kappa shape index (κ1) is 23.6. The van der Waals surface area contributed by atoms with Crippen molar-refractivity contribution in [3.8, 4) is 0 Å². The molecule has 1 amide bonds. The van der Waals surface area contributed by atoms with Crippen molar-refractivity contribution in [1.82, 2.24) is 0 Å². The Morgan fingerprint density at radius 3 is 2.13 bits per heavy atom. The van der Waals surface area contributed by atoms with Crippen molar-refractivity contribution in [2.75, 3.05) is 5.75 Å². The summed E-state index contributed by atoms with van der Waals surface area (Å²) in [6.07, 6.45) is -11.9. The lowest BCUT2D eigenvalue weighted by Crippen LogP contribution is -3.12. The topological polar surface area (TPSA) is 41.7 Å². The first-order chi connectivity index (χ1) is 14.3. The van der Waals surface area contributed by atoms with Crippen molar-refractivity contribution < 1.29 is 41.1 Å². The molecule has 1 heterocycles. The summed E-state index contributed by atoms with van der Waals surface area (Å²) in [7, 11) is 0. The molecule has 0 saturated carbocycles. The van der Waals surface area contributed by atoms with Crippen molar-refractivity contribution in [1.29, 1.82) is 0 Å². The van der Waals surface area contributed by atoms with Gasteiger partial charge in [-0.05, 0) is 26.0 Å². The van der Waals surface area contributed by atoms with E-state index in [0.717, 1.165) is 23.4 Å². The molecule has 1 aliphatic rings. The molecule has 168 valence electrons. The fourth-order valence-corrected chi connectivity index (χ4v) is 4.83. The largest absolute Gasteiger partial charge is 0.430 e. The number of carbonyl (C=O) groups excluding carboxylic acids is 1. The molecule has 3 rings (SSSR count). The maximum absolute atomic E-state index is 13.3. The molecule has 2 N–H and O–H groups in total. The lowest BCUT2D eigenvalue weighted by Gasteiger charge is -2.35. The molecule has 10 heteroatoms. The molecule has 2 aromatic carbocycles. The monoisotopic (exact) mass is 464 g/mol. The second kappa shape index (κ2) is 8.14. The molecule has 0 fully saturated rings. The van der Waals surface area contributed by atoms with Gasteiger partial charge in [-0.15, -0.1) is 11.8 Å². The Hall–Kier alpha value is -2.04. The van der Waals surface area contributed by atoms with Crippen LogP contribution in [0.15, 0.2) is 53.4 Å². The molecule has 1 aliphatic heterocycles. The minimum absolute atomic E-state index is 0.0978. The molecule has 0 radical (unpaired) electrons. The van der Waals surface area contributed by atoms with Gasteiger partial charge in [0.05, 0.1) is 16.6 Å². The van der Waals surface area contributed by atoms with Gasteiger partial charge in [-0.25, -0.2) is 9.69 Å². The van der Waals surface area contributed by atoms with Gasteiger partial charge in [0, 0.05) is 17.2 Å². The van der Waals surface area contributed by atoms with Crippen LogP contribution < -0.4 is 4.90 Å². The molecule has 0 saturated heterocycles. The van der Waals surface area contributed by atoms with Gasteiger partial charge in [0.25, 0.3) is 5.60 Å². The fourth-order valence-electron chi connectivity index (χ4n) is 3.59. The molecule has 2 aromatic rings. The quantitative estimate of drug-likeness (QED) is 0.656. The highest BCUT2D eigenvalue weighted by Crippen LogP contribution is 2.51. The fraction of sp³-hybridized carbons (Fsp3) is 0.381. The minimum Gasteiger partial charge on any atom is -0.369 e. The van der Waals surface area contributed by atoms with Crippen molar-refractivity contribution in [2.45, 2.75) is 42.7 Å². The Balaban J connectivity index is 2.14. The predicted octanol–water partition coefficient (Wildman–Crippen LogP) is 4.54. The number of rotatable bonds is 3. The number of benzene rings is 2. The van der Waals surface area contributed by atoms with E-state index in [9.17, 15) is 36.2 Å². The van der Waals surface area contributed by atoms with Crippen molar-refractivity contribution in [2.24, 2.45) is 5.92 Å². The van der Waals surface area contributed by atoms with Crippen LogP contribution >= 0.6 is 11.8 Å². The third kappa shape index (κ3) is 4.08. The standard InChI is InChI=1S/C21H19F6NO2S/c1-12(2)18(29)28-15-9-8-14(19(30,20(22,23)24)21(25,26)27)10-17(15)31-11-16(28)13-6-4-3-5-7-13/h3-10,12,16,30H,11H2,1-2H3/p+1. The van der Waals surface area contributed by atoms with Gasteiger partial charge in [-0.3, -0.25) is 0 Å². The molecule has 2 unspecified atom stereocenters. The van der Waals surface area contributed by atoms with E-state index in [1.807, 2.05) is 12.1 Å². The van der Waals surface area contributed by atoms with Crippen LogP contribution in [0, 0.1) is 5.92 Å². The number of alkyl halides is 6. The summed E-state index contributed by atoms with van der Waals surface area (Å²) >= 11 is 1.06. The molecule has 31 heavy (non-hydrogen) atoms. The Labute approximate surface area is 179 Å². The summed E-state index contributed by atoms with van der Waals surface area (Å²) in [5.74, 6) is -0.380. The van der Waals surface area contributed by atoms with Gasteiger partial charge < -0.3 is 5.11 Å². The van der Waals surface area contributed by atoms with Gasteiger partial charge in [-0.1, -0.05) is 30.3 Å². The number of hydrogen-bond donors (Lipinski definition) is 2. The number of fused-ring (bicyclic) bond motifs is 1. The molecule has 2 atom stereocenters. The molecule has 0 aromatic heterocycles. The third-order valence-corrected chi connectivity index (χ3v) is 6.40. The Morgan fingerprint density at radius 1 is 1.03 bits per heavy atom. The van der Waals surface area contributed by atoms with E-state index in [-0.39, 0.29) is 22.6 Å². The number of amides is 1. The van der Waals surface area contributed by atoms with Crippen LogP contribution in [0.25, 0.3) is 0 Å². The highest BCUT2D eigenvalue weighted by molar-refractivity contribution is 7.99. The van der Waals surface area contributed by atoms with E-state index in [2.05, 4.69) is 0 Å². The first-order valence-corrected chi connectivity index (χ1v) is 10.4. The Bertz CT molecular complexity index is 945. The van der Waals surface area contributed by atoms with Gasteiger partial charge in [0.1, 0.15) is 6.04 Å². The third-order valence-electron chi connectivity index (χ3n) is 5.26. The summed E-state index contributed by atoms with van der Waals surface area (Å²) in [6.45, 7) is 3.36. The second-order valence-electron chi connectivity index (χ2n) is 7.62. The minimum atomic E-state index is -5.97. The molecule has 3 nitrogen and oxygen atoms in total. The number of quaternary nitrogens is 1. The average Bonchev–Trinajstić information content (AvgIpc) is 2.70. The van der Waals surface area contributed by atoms with E-state index in [0.29, 0.717) is 22.7 Å². The number of aliphatic hydroxyl groups is 1. The van der Waals surface area contributed by atoms with Gasteiger partial charge >= 0.3 is 18.3 Å². The maximum Gasteiger partial charge on any atom is 0.430 e. The second-order valence-corrected chi connectivity index (χ2v) is 8.69. The summed E-state index contributed by atoms with van der Waals surface area (Å²) in [4.78, 5) is 13.4. The molecule has 0 spiro atoms. The van der Waals surface area contributed by atoms with Crippen LogP contribution in [0.4, 0.5) is 32.0 Å². The van der Waals surface area contributed by atoms with Gasteiger partial charge in [0.15, 0.2) is 5.69 Å². The zero-order chi connectivity index (χ0) is 23.2.